The van der Waals surface area contributed by atoms with Gasteiger partial charge in [-0.25, -0.2) is 0 Å². The van der Waals surface area contributed by atoms with Gasteiger partial charge >= 0.3 is 0 Å². The molecule has 0 bridgehead atoms. The van der Waals surface area contributed by atoms with Crippen molar-refractivity contribution in [2.45, 2.75) is 19.4 Å². The Morgan fingerprint density at radius 1 is 1.35 bits per heavy atom. The molecule has 2 unspecified atom stereocenters. The summed E-state index contributed by atoms with van der Waals surface area (Å²) in [6.45, 7) is 5.57. The Balaban J connectivity index is 2.12. The smallest absolute Gasteiger partial charge is 0.0385 e. The lowest BCUT2D eigenvalue weighted by molar-refractivity contribution is 0.273. The number of nitrogens with zero attached hydrogens (tertiary/aromatic N) is 1. The number of likely N-dealkylation sites (tertiary alicyclic amines) is 1. The lowest BCUT2D eigenvalue weighted by Gasteiger charge is -2.25. The van der Waals surface area contributed by atoms with E-state index < -0.39 is 0 Å². The van der Waals surface area contributed by atoms with Gasteiger partial charge in [-0.2, -0.15) is 0 Å². The molecule has 1 aliphatic heterocycles. The van der Waals surface area contributed by atoms with Gasteiger partial charge in [0.25, 0.3) is 0 Å². The van der Waals surface area contributed by atoms with Crippen LogP contribution >= 0.6 is 15.9 Å². The van der Waals surface area contributed by atoms with E-state index in [0.29, 0.717) is 6.04 Å². The molecule has 1 heterocycles. The number of benzene rings is 1. The van der Waals surface area contributed by atoms with Crippen molar-refractivity contribution in [2.24, 2.45) is 5.92 Å². The van der Waals surface area contributed by atoms with Gasteiger partial charge in [0.15, 0.2) is 0 Å². The van der Waals surface area contributed by atoms with Crippen molar-refractivity contribution in [3.63, 3.8) is 0 Å². The normalized spacial score (nSPS) is 25.4. The summed E-state index contributed by atoms with van der Waals surface area (Å²) in [5.74, 6) is 0.737. The maximum absolute atomic E-state index is 3.50. The van der Waals surface area contributed by atoms with Crippen molar-refractivity contribution in [1.82, 2.24) is 10.2 Å². The van der Waals surface area contributed by atoms with Gasteiger partial charge in [-0.15, -0.1) is 0 Å². The van der Waals surface area contributed by atoms with E-state index in [1.165, 1.54) is 18.5 Å². The summed E-state index contributed by atoms with van der Waals surface area (Å²) in [5.41, 5.74) is 1.44. The molecule has 1 N–H and O–H groups in total. The van der Waals surface area contributed by atoms with Crippen LogP contribution in [0, 0.1) is 5.92 Å². The van der Waals surface area contributed by atoms with Crippen LogP contribution in [0.2, 0.25) is 0 Å². The predicted molar refractivity (Wildman–Crippen MR) is 76.2 cm³/mol. The Labute approximate surface area is 113 Å². The van der Waals surface area contributed by atoms with Crippen molar-refractivity contribution in [3.05, 3.63) is 34.3 Å². The summed E-state index contributed by atoms with van der Waals surface area (Å²) >= 11 is 3.50. The molecule has 2 rings (SSSR count). The molecular weight excluding hydrogens is 276 g/mol. The molecule has 3 heteroatoms. The van der Waals surface area contributed by atoms with Crippen LogP contribution < -0.4 is 5.32 Å². The van der Waals surface area contributed by atoms with Gasteiger partial charge in [-0.05, 0) is 56.7 Å². The van der Waals surface area contributed by atoms with E-state index in [1.54, 1.807) is 0 Å². The molecule has 0 amide bonds. The molecule has 1 fully saturated rings. The number of halogens is 1. The van der Waals surface area contributed by atoms with E-state index in [4.69, 9.17) is 0 Å². The second kappa shape index (κ2) is 5.98. The molecule has 1 aromatic rings. The van der Waals surface area contributed by atoms with Crippen molar-refractivity contribution < 1.29 is 0 Å². The molecule has 0 aliphatic carbocycles. The molecule has 0 spiro atoms. The molecule has 0 aromatic heterocycles. The van der Waals surface area contributed by atoms with Crippen LogP contribution in [0.4, 0.5) is 0 Å². The standard InChI is InChI=1S/C14H21BrN2/c1-3-16-10-12-8-9-17(2)14(12)11-4-6-13(15)7-5-11/h4-7,12,14,16H,3,8-10H2,1-2H3. The van der Waals surface area contributed by atoms with Crippen molar-refractivity contribution in [1.29, 1.82) is 0 Å². The minimum Gasteiger partial charge on any atom is -0.317 e. The van der Waals surface area contributed by atoms with E-state index >= 15 is 0 Å². The first-order valence-electron chi connectivity index (χ1n) is 6.38. The molecule has 2 nitrogen and oxygen atoms in total. The topological polar surface area (TPSA) is 15.3 Å². The van der Waals surface area contributed by atoms with Crippen LogP contribution in [-0.4, -0.2) is 31.6 Å². The van der Waals surface area contributed by atoms with Gasteiger partial charge in [0.05, 0.1) is 0 Å². The molecule has 0 radical (unpaired) electrons. The van der Waals surface area contributed by atoms with Gasteiger partial charge in [0.2, 0.25) is 0 Å². The van der Waals surface area contributed by atoms with Crippen LogP contribution in [0.15, 0.2) is 28.7 Å². The van der Waals surface area contributed by atoms with Gasteiger partial charge in [-0.3, -0.25) is 4.90 Å². The SMILES string of the molecule is CCNCC1CCN(C)C1c1ccc(Br)cc1. The first-order valence-corrected chi connectivity index (χ1v) is 7.18. The largest absolute Gasteiger partial charge is 0.317 e. The zero-order chi connectivity index (χ0) is 12.3. The average molecular weight is 297 g/mol. The number of hydrogen-bond donors (Lipinski definition) is 1. The Bertz CT molecular complexity index is 350. The Morgan fingerprint density at radius 2 is 2.06 bits per heavy atom. The van der Waals surface area contributed by atoms with E-state index in [1.807, 2.05) is 0 Å². The van der Waals surface area contributed by atoms with Crippen molar-refractivity contribution in [2.75, 3.05) is 26.7 Å². The molecule has 1 aliphatic rings. The average Bonchev–Trinajstić information content (AvgIpc) is 2.69. The summed E-state index contributed by atoms with van der Waals surface area (Å²) in [7, 11) is 2.23. The number of rotatable bonds is 4. The van der Waals surface area contributed by atoms with E-state index in [9.17, 15) is 0 Å². The van der Waals surface area contributed by atoms with E-state index in [0.717, 1.165) is 23.5 Å². The van der Waals surface area contributed by atoms with E-state index in [-0.39, 0.29) is 0 Å². The summed E-state index contributed by atoms with van der Waals surface area (Å²) in [6.07, 6.45) is 1.30. The minimum absolute atomic E-state index is 0.571. The number of nitrogens with one attached hydrogen (secondary N) is 1. The molecule has 1 saturated heterocycles. The first kappa shape index (κ1) is 13.1. The predicted octanol–water partition coefficient (Wildman–Crippen LogP) is 3.05. The van der Waals surface area contributed by atoms with Crippen LogP contribution in [0.3, 0.4) is 0 Å². The lowest BCUT2D eigenvalue weighted by atomic mass is 9.94. The molecule has 94 valence electrons. The summed E-state index contributed by atoms with van der Waals surface area (Å²) < 4.78 is 1.16. The van der Waals surface area contributed by atoms with Crippen LogP contribution in [-0.2, 0) is 0 Å². The molecular formula is C14H21BrN2. The fourth-order valence-corrected chi connectivity index (χ4v) is 3.02. The highest BCUT2D eigenvalue weighted by Gasteiger charge is 2.32. The lowest BCUT2D eigenvalue weighted by Crippen LogP contribution is -2.28. The van der Waals surface area contributed by atoms with Crippen molar-refractivity contribution >= 4 is 15.9 Å². The molecule has 1 aromatic carbocycles. The van der Waals surface area contributed by atoms with E-state index in [2.05, 4.69) is 64.4 Å². The third kappa shape index (κ3) is 3.09. The molecule has 17 heavy (non-hydrogen) atoms. The fraction of sp³-hybridized carbons (Fsp3) is 0.571. The summed E-state index contributed by atoms with van der Waals surface area (Å²) in [5, 5.41) is 3.49. The Morgan fingerprint density at radius 3 is 2.71 bits per heavy atom. The van der Waals surface area contributed by atoms with Gasteiger partial charge < -0.3 is 5.32 Å². The third-order valence-electron chi connectivity index (χ3n) is 3.64. The molecule has 0 saturated carbocycles. The van der Waals surface area contributed by atoms with Gasteiger partial charge in [-0.1, -0.05) is 35.0 Å². The fourth-order valence-electron chi connectivity index (χ4n) is 2.76. The highest BCUT2D eigenvalue weighted by Crippen LogP contribution is 2.35. The summed E-state index contributed by atoms with van der Waals surface area (Å²) in [6, 6.07) is 9.35. The molecule has 2 atom stereocenters. The monoisotopic (exact) mass is 296 g/mol. The Kier molecular flexibility index (Phi) is 4.60. The van der Waals surface area contributed by atoms with Gasteiger partial charge in [0, 0.05) is 10.5 Å². The maximum Gasteiger partial charge on any atom is 0.0385 e. The first-order chi connectivity index (χ1) is 8.22. The maximum atomic E-state index is 3.50. The van der Waals surface area contributed by atoms with Crippen LogP contribution in [0.25, 0.3) is 0 Å². The highest BCUT2D eigenvalue weighted by atomic mass is 79.9. The third-order valence-corrected chi connectivity index (χ3v) is 4.17. The zero-order valence-corrected chi connectivity index (χ0v) is 12.2. The van der Waals surface area contributed by atoms with Crippen LogP contribution in [0.1, 0.15) is 24.9 Å². The zero-order valence-electron chi connectivity index (χ0n) is 10.6. The Hall–Kier alpha value is -0.380. The van der Waals surface area contributed by atoms with Gasteiger partial charge in [0.1, 0.15) is 0 Å². The quantitative estimate of drug-likeness (QED) is 0.919. The highest BCUT2D eigenvalue weighted by molar-refractivity contribution is 9.10. The van der Waals surface area contributed by atoms with Crippen LogP contribution in [0.5, 0.6) is 0 Å². The van der Waals surface area contributed by atoms with Crippen molar-refractivity contribution in [3.8, 4) is 0 Å². The summed E-state index contributed by atoms with van der Waals surface area (Å²) in [4.78, 5) is 2.48. The number of hydrogen-bond acceptors (Lipinski definition) is 2. The minimum atomic E-state index is 0.571. The second-order valence-corrected chi connectivity index (χ2v) is 5.75. The second-order valence-electron chi connectivity index (χ2n) is 4.83.